The zero-order valence-electron chi connectivity index (χ0n) is 14.8. The zero-order valence-corrected chi connectivity index (χ0v) is 14.8. The maximum Gasteiger partial charge on any atom is 0.325 e. The van der Waals surface area contributed by atoms with E-state index in [1.165, 1.54) is 14.2 Å². The van der Waals surface area contributed by atoms with Crippen molar-refractivity contribution < 1.29 is 23.9 Å². The van der Waals surface area contributed by atoms with Gasteiger partial charge in [0.1, 0.15) is 24.1 Å². The molecule has 136 valence electrons. The van der Waals surface area contributed by atoms with Crippen LogP contribution >= 0.6 is 0 Å². The number of hydrogen-bond acceptors (Lipinski definition) is 5. The molecule has 8 heteroatoms. The van der Waals surface area contributed by atoms with Gasteiger partial charge in [-0.15, -0.1) is 0 Å². The van der Waals surface area contributed by atoms with Crippen molar-refractivity contribution in [1.29, 1.82) is 0 Å². The van der Waals surface area contributed by atoms with Crippen LogP contribution in [0.2, 0.25) is 0 Å². The molecule has 8 nitrogen and oxygen atoms in total. The second-order valence-electron chi connectivity index (χ2n) is 6.17. The number of methoxy groups -OCH3 is 2. The molecule has 2 N–H and O–H groups in total. The van der Waals surface area contributed by atoms with Gasteiger partial charge in [0.15, 0.2) is 0 Å². The molecule has 0 aliphatic carbocycles. The van der Waals surface area contributed by atoms with Gasteiger partial charge in [0.2, 0.25) is 5.91 Å². The summed E-state index contributed by atoms with van der Waals surface area (Å²) in [6.45, 7) is 3.56. The first-order valence-corrected chi connectivity index (χ1v) is 7.99. The highest BCUT2D eigenvalue weighted by atomic mass is 16.5. The number of benzene rings is 1. The van der Waals surface area contributed by atoms with Gasteiger partial charge in [0.05, 0.1) is 19.9 Å². The van der Waals surface area contributed by atoms with Crippen LogP contribution in [-0.4, -0.2) is 49.6 Å². The summed E-state index contributed by atoms with van der Waals surface area (Å²) in [5.41, 5.74) is 0.401. The normalized spacial score (nSPS) is 16.8. The summed E-state index contributed by atoms with van der Waals surface area (Å²) in [4.78, 5) is 37.4. The van der Waals surface area contributed by atoms with Crippen LogP contribution in [0.3, 0.4) is 0 Å². The molecule has 4 amide bonds. The van der Waals surface area contributed by atoms with E-state index in [0.29, 0.717) is 23.6 Å². The lowest BCUT2D eigenvalue weighted by Gasteiger charge is -2.15. The number of carbonyl (C=O) groups is 3. The van der Waals surface area contributed by atoms with Gasteiger partial charge >= 0.3 is 6.03 Å². The van der Waals surface area contributed by atoms with Gasteiger partial charge < -0.3 is 20.1 Å². The highest BCUT2D eigenvalue weighted by molar-refractivity contribution is 6.08. The van der Waals surface area contributed by atoms with Crippen molar-refractivity contribution in [3.63, 3.8) is 0 Å². The molecule has 1 heterocycles. The monoisotopic (exact) mass is 349 g/mol. The van der Waals surface area contributed by atoms with Crippen LogP contribution in [0.5, 0.6) is 11.5 Å². The highest BCUT2D eigenvalue weighted by Gasteiger charge is 2.39. The average molecular weight is 349 g/mol. The third kappa shape index (κ3) is 4.40. The smallest absolute Gasteiger partial charge is 0.325 e. The third-order valence-corrected chi connectivity index (χ3v) is 3.80. The minimum Gasteiger partial charge on any atom is -0.497 e. The van der Waals surface area contributed by atoms with Gasteiger partial charge in [-0.05, 0) is 24.5 Å². The Balaban J connectivity index is 2.05. The van der Waals surface area contributed by atoms with Gasteiger partial charge in [-0.25, -0.2) is 4.79 Å². The summed E-state index contributed by atoms with van der Waals surface area (Å²) in [5, 5.41) is 5.25. The SMILES string of the molecule is COc1ccc(OC)c(NC(=O)CN2C(=O)N[C@H](CC(C)C)C2=O)c1. The van der Waals surface area contributed by atoms with Gasteiger partial charge in [0, 0.05) is 6.07 Å². The molecule has 1 aliphatic rings. The minimum atomic E-state index is -0.577. The van der Waals surface area contributed by atoms with Crippen LogP contribution in [0.15, 0.2) is 18.2 Å². The summed E-state index contributed by atoms with van der Waals surface area (Å²) >= 11 is 0. The molecule has 0 bridgehead atoms. The van der Waals surface area contributed by atoms with E-state index in [9.17, 15) is 14.4 Å². The molecule has 1 saturated heterocycles. The Labute approximate surface area is 146 Å². The van der Waals surface area contributed by atoms with Gasteiger partial charge in [0.25, 0.3) is 5.91 Å². The molecule has 0 saturated carbocycles. The van der Waals surface area contributed by atoms with Crippen LogP contribution in [0.1, 0.15) is 20.3 Å². The molecule has 0 aromatic heterocycles. The molecular formula is C17H23N3O5. The van der Waals surface area contributed by atoms with E-state index in [-0.39, 0.29) is 18.4 Å². The highest BCUT2D eigenvalue weighted by Crippen LogP contribution is 2.28. The molecule has 1 aromatic carbocycles. The maximum atomic E-state index is 12.3. The Morgan fingerprint density at radius 2 is 2.00 bits per heavy atom. The number of urea groups is 1. The third-order valence-electron chi connectivity index (χ3n) is 3.80. The Hall–Kier alpha value is -2.77. The molecule has 1 atom stereocenters. The van der Waals surface area contributed by atoms with E-state index in [4.69, 9.17) is 9.47 Å². The van der Waals surface area contributed by atoms with E-state index in [1.54, 1.807) is 18.2 Å². The number of hydrogen-bond donors (Lipinski definition) is 2. The predicted octanol–water partition coefficient (Wildman–Crippen LogP) is 1.61. The number of amides is 4. The predicted molar refractivity (Wildman–Crippen MR) is 91.7 cm³/mol. The fraction of sp³-hybridized carbons (Fsp3) is 0.471. The second-order valence-corrected chi connectivity index (χ2v) is 6.17. The Morgan fingerprint density at radius 3 is 2.60 bits per heavy atom. The minimum absolute atomic E-state index is 0.254. The molecule has 1 aliphatic heterocycles. The number of nitrogens with zero attached hydrogens (tertiary/aromatic N) is 1. The molecule has 2 rings (SSSR count). The summed E-state index contributed by atoms with van der Waals surface area (Å²) in [6.07, 6.45) is 0.534. The van der Waals surface area contributed by atoms with Crippen molar-refractivity contribution in [3.8, 4) is 11.5 Å². The summed E-state index contributed by atoms with van der Waals surface area (Å²) in [5.74, 6) is 0.364. The van der Waals surface area contributed by atoms with Crippen molar-refractivity contribution in [2.24, 2.45) is 5.92 Å². The molecule has 25 heavy (non-hydrogen) atoms. The topological polar surface area (TPSA) is 97.0 Å². The number of imide groups is 1. The summed E-state index contributed by atoms with van der Waals surface area (Å²) in [6, 6.07) is 3.82. The van der Waals surface area contributed by atoms with Gasteiger partial charge in [-0.3, -0.25) is 14.5 Å². The first kappa shape index (κ1) is 18.6. The first-order chi connectivity index (χ1) is 11.8. The Morgan fingerprint density at radius 1 is 1.28 bits per heavy atom. The van der Waals surface area contributed by atoms with E-state index >= 15 is 0 Å². The van der Waals surface area contributed by atoms with Gasteiger partial charge in [-0.2, -0.15) is 0 Å². The fourth-order valence-electron chi connectivity index (χ4n) is 2.60. The van der Waals surface area contributed by atoms with E-state index in [2.05, 4.69) is 10.6 Å². The zero-order chi connectivity index (χ0) is 18.6. The van der Waals surface area contributed by atoms with Crippen molar-refractivity contribution in [2.45, 2.75) is 26.3 Å². The summed E-state index contributed by atoms with van der Waals surface area (Å²) in [7, 11) is 2.99. The van der Waals surface area contributed by atoms with Crippen LogP contribution in [0.4, 0.5) is 10.5 Å². The van der Waals surface area contributed by atoms with Gasteiger partial charge in [-0.1, -0.05) is 13.8 Å². The molecule has 1 aromatic rings. The van der Waals surface area contributed by atoms with Crippen LogP contribution < -0.4 is 20.1 Å². The number of nitrogens with one attached hydrogen (secondary N) is 2. The van der Waals surface area contributed by atoms with E-state index in [1.807, 2.05) is 13.8 Å². The van der Waals surface area contributed by atoms with Crippen LogP contribution in [0.25, 0.3) is 0 Å². The molecule has 0 unspecified atom stereocenters. The lowest BCUT2D eigenvalue weighted by molar-refractivity contribution is -0.131. The van der Waals surface area contributed by atoms with Crippen molar-refractivity contribution >= 4 is 23.5 Å². The van der Waals surface area contributed by atoms with E-state index < -0.39 is 18.0 Å². The number of anilines is 1. The molecular weight excluding hydrogens is 326 g/mol. The Kier molecular flexibility index (Phi) is 5.84. The lowest BCUT2D eigenvalue weighted by atomic mass is 10.0. The second kappa shape index (κ2) is 7.87. The Bertz CT molecular complexity index is 674. The molecule has 0 spiro atoms. The number of ether oxygens (including phenoxy) is 2. The maximum absolute atomic E-state index is 12.3. The number of carbonyl (C=O) groups excluding carboxylic acids is 3. The van der Waals surface area contributed by atoms with Crippen LogP contribution in [0, 0.1) is 5.92 Å². The van der Waals surface area contributed by atoms with Crippen molar-refractivity contribution in [1.82, 2.24) is 10.2 Å². The van der Waals surface area contributed by atoms with Crippen molar-refractivity contribution in [3.05, 3.63) is 18.2 Å². The molecule has 0 radical (unpaired) electrons. The van der Waals surface area contributed by atoms with E-state index in [0.717, 1.165) is 4.90 Å². The summed E-state index contributed by atoms with van der Waals surface area (Å²) < 4.78 is 10.3. The first-order valence-electron chi connectivity index (χ1n) is 7.99. The average Bonchev–Trinajstić information content (AvgIpc) is 2.81. The van der Waals surface area contributed by atoms with Crippen molar-refractivity contribution in [2.75, 3.05) is 26.1 Å². The standard InChI is InChI=1S/C17H23N3O5/c1-10(2)7-13-16(22)20(17(23)19-13)9-15(21)18-12-8-11(24-3)5-6-14(12)25-4/h5-6,8,10,13H,7,9H2,1-4H3,(H,18,21)(H,19,23)/t13-/m1/s1. The molecule has 1 fully saturated rings. The van der Waals surface area contributed by atoms with Crippen LogP contribution in [-0.2, 0) is 9.59 Å². The fourth-order valence-corrected chi connectivity index (χ4v) is 2.60. The lowest BCUT2D eigenvalue weighted by Crippen LogP contribution is -2.38. The quantitative estimate of drug-likeness (QED) is 0.729. The number of rotatable bonds is 7. The largest absolute Gasteiger partial charge is 0.497 e.